The van der Waals surface area contributed by atoms with E-state index in [4.69, 9.17) is 11.6 Å². The highest BCUT2D eigenvalue weighted by Gasteiger charge is 2.17. The molecule has 6 heteroatoms. The molecule has 0 aliphatic carbocycles. The molecular weight excluding hydrogens is 336 g/mol. The molecule has 25 heavy (non-hydrogen) atoms. The Bertz CT molecular complexity index is 830. The molecule has 0 saturated heterocycles. The van der Waals surface area contributed by atoms with Gasteiger partial charge in [0.2, 0.25) is 5.91 Å². The van der Waals surface area contributed by atoms with Gasteiger partial charge in [-0.05, 0) is 48.9 Å². The molecule has 2 heterocycles. The minimum Gasteiger partial charge on any atom is -0.306 e. The molecule has 0 spiro atoms. The maximum absolute atomic E-state index is 12.8. The Labute approximate surface area is 151 Å². The summed E-state index contributed by atoms with van der Waals surface area (Å²) in [5.74, 6) is 0.0149. The molecule has 0 radical (unpaired) electrons. The Morgan fingerprint density at radius 2 is 2.00 bits per heavy atom. The van der Waals surface area contributed by atoms with Crippen molar-refractivity contribution in [2.24, 2.45) is 0 Å². The third kappa shape index (κ3) is 4.67. The maximum Gasteiger partial charge on any atom is 0.229 e. The van der Waals surface area contributed by atoms with Crippen molar-refractivity contribution in [2.45, 2.75) is 26.4 Å². The van der Waals surface area contributed by atoms with Crippen LogP contribution < -0.4 is 4.90 Å². The van der Waals surface area contributed by atoms with E-state index in [1.165, 1.54) is 0 Å². The number of amides is 1. The Morgan fingerprint density at radius 3 is 2.64 bits per heavy atom. The molecule has 0 bridgehead atoms. The molecule has 1 aromatic carbocycles. The minimum atomic E-state index is 0.0149. The number of benzene rings is 1. The average Bonchev–Trinajstić information content (AvgIpc) is 3.05. The summed E-state index contributed by atoms with van der Waals surface area (Å²) in [6.07, 6.45) is 5.80. The number of halogens is 1. The fourth-order valence-corrected chi connectivity index (χ4v) is 2.66. The van der Waals surface area contributed by atoms with Crippen molar-refractivity contribution in [1.82, 2.24) is 14.8 Å². The number of nitrogens with zero attached hydrogens (tertiary/aromatic N) is 4. The van der Waals surface area contributed by atoms with Crippen molar-refractivity contribution in [3.05, 3.63) is 77.3 Å². The molecule has 0 unspecified atom stereocenters. The van der Waals surface area contributed by atoms with Gasteiger partial charge in [0, 0.05) is 36.1 Å². The normalized spacial score (nSPS) is 10.6. The zero-order chi connectivity index (χ0) is 17.6. The molecule has 0 fully saturated rings. The van der Waals surface area contributed by atoms with E-state index in [0.29, 0.717) is 24.5 Å². The lowest BCUT2D eigenvalue weighted by molar-refractivity contribution is -0.119. The Hall–Kier alpha value is -2.66. The van der Waals surface area contributed by atoms with E-state index >= 15 is 0 Å². The summed E-state index contributed by atoms with van der Waals surface area (Å²) in [6, 6.07) is 13.0. The molecule has 1 amide bonds. The SMILES string of the molecule is Cc1cnn(CCC(=O)N(Cc2ccccn2)c2ccc(Cl)cc2)c1. The fraction of sp³-hybridized carbons (Fsp3) is 0.211. The summed E-state index contributed by atoms with van der Waals surface area (Å²) >= 11 is 5.97. The van der Waals surface area contributed by atoms with Gasteiger partial charge < -0.3 is 4.90 Å². The molecule has 0 aliphatic rings. The number of pyridine rings is 1. The summed E-state index contributed by atoms with van der Waals surface area (Å²) in [4.78, 5) is 18.9. The van der Waals surface area contributed by atoms with E-state index in [1.807, 2.05) is 43.5 Å². The predicted octanol–water partition coefficient (Wildman–Crippen LogP) is 3.86. The molecule has 2 aromatic heterocycles. The first-order valence-corrected chi connectivity index (χ1v) is 8.44. The van der Waals surface area contributed by atoms with Crippen molar-refractivity contribution < 1.29 is 4.79 Å². The molecule has 0 aliphatic heterocycles. The third-order valence-electron chi connectivity index (χ3n) is 3.80. The van der Waals surface area contributed by atoms with Gasteiger partial charge in [-0.2, -0.15) is 5.10 Å². The van der Waals surface area contributed by atoms with E-state index in [1.54, 1.807) is 34.1 Å². The van der Waals surface area contributed by atoms with Crippen LogP contribution in [-0.2, 0) is 17.9 Å². The molecule has 128 valence electrons. The number of rotatable bonds is 6. The van der Waals surface area contributed by atoms with Crippen LogP contribution in [0, 0.1) is 6.92 Å². The molecule has 0 saturated carbocycles. The first-order chi connectivity index (χ1) is 12.1. The van der Waals surface area contributed by atoms with Gasteiger partial charge in [-0.1, -0.05) is 17.7 Å². The highest BCUT2D eigenvalue weighted by molar-refractivity contribution is 6.30. The van der Waals surface area contributed by atoms with Crippen molar-refractivity contribution >= 4 is 23.2 Å². The van der Waals surface area contributed by atoms with Gasteiger partial charge in [0.1, 0.15) is 0 Å². The molecule has 3 rings (SSSR count). The van der Waals surface area contributed by atoms with Crippen molar-refractivity contribution in [1.29, 1.82) is 0 Å². The van der Waals surface area contributed by atoms with Crippen LogP contribution in [-0.4, -0.2) is 20.7 Å². The van der Waals surface area contributed by atoms with Gasteiger partial charge in [0.25, 0.3) is 0 Å². The lowest BCUT2D eigenvalue weighted by Crippen LogP contribution is -2.31. The smallest absolute Gasteiger partial charge is 0.229 e. The second-order valence-electron chi connectivity index (χ2n) is 5.81. The van der Waals surface area contributed by atoms with Crippen LogP contribution in [0.25, 0.3) is 0 Å². The van der Waals surface area contributed by atoms with E-state index in [-0.39, 0.29) is 5.91 Å². The van der Waals surface area contributed by atoms with Crippen LogP contribution in [0.5, 0.6) is 0 Å². The molecule has 0 N–H and O–H groups in total. The highest BCUT2D eigenvalue weighted by Crippen LogP contribution is 2.21. The van der Waals surface area contributed by atoms with Crippen LogP contribution in [0.1, 0.15) is 17.7 Å². The van der Waals surface area contributed by atoms with E-state index in [2.05, 4.69) is 10.1 Å². The summed E-state index contributed by atoms with van der Waals surface area (Å²) < 4.78 is 1.79. The summed E-state index contributed by atoms with van der Waals surface area (Å²) in [6.45, 7) is 2.94. The van der Waals surface area contributed by atoms with E-state index in [0.717, 1.165) is 16.9 Å². The fourth-order valence-electron chi connectivity index (χ4n) is 2.53. The minimum absolute atomic E-state index is 0.0149. The molecule has 0 atom stereocenters. The van der Waals surface area contributed by atoms with Gasteiger partial charge in [0.05, 0.1) is 18.4 Å². The number of hydrogen-bond donors (Lipinski definition) is 0. The zero-order valence-corrected chi connectivity index (χ0v) is 14.7. The number of aromatic nitrogens is 3. The highest BCUT2D eigenvalue weighted by atomic mass is 35.5. The second-order valence-corrected chi connectivity index (χ2v) is 6.24. The van der Waals surface area contributed by atoms with Crippen molar-refractivity contribution in [2.75, 3.05) is 4.90 Å². The third-order valence-corrected chi connectivity index (χ3v) is 4.05. The van der Waals surface area contributed by atoms with Gasteiger partial charge in [-0.3, -0.25) is 14.5 Å². The van der Waals surface area contributed by atoms with Crippen LogP contribution in [0.2, 0.25) is 5.02 Å². The molecule has 3 aromatic rings. The molecular formula is C19H19ClN4O. The van der Waals surface area contributed by atoms with Crippen molar-refractivity contribution in [3.8, 4) is 0 Å². The number of aryl methyl sites for hydroxylation is 2. The lowest BCUT2D eigenvalue weighted by atomic mass is 10.2. The number of anilines is 1. The number of carbonyl (C=O) groups is 1. The van der Waals surface area contributed by atoms with Gasteiger partial charge in [0.15, 0.2) is 0 Å². The van der Waals surface area contributed by atoms with E-state index < -0.39 is 0 Å². The van der Waals surface area contributed by atoms with Crippen LogP contribution >= 0.6 is 11.6 Å². The standard InChI is InChI=1S/C19H19ClN4O/c1-15-12-22-23(13-15)11-9-19(25)24(14-17-4-2-3-10-21-17)18-7-5-16(20)6-8-18/h2-8,10,12-13H,9,11,14H2,1H3. The first-order valence-electron chi connectivity index (χ1n) is 8.07. The topological polar surface area (TPSA) is 51.0 Å². The van der Waals surface area contributed by atoms with Gasteiger partial charge >= 0.3 is 0 Å². The quantitative estimate of drug-likeness (QED) is 0.675. The first kappa shape index (κ1) is 17.2. The summed E-state index contributed by atoms with van der Waals surface area (Å²) in [7, 11) is 0. The predicted molar refractivity (Wildman–Crippen MR) is 98.5 cm³/mol. The van der Waals surface area contributed by atoms with Gasteiger partial charge in [-0.15, -0.1) is 0 Å². The van der Waals surface area contributed by atoms with E-state index in [9.17, 15) is 4.79 Å². The van der Waals surface area contributed by atoms with Crippen LogP contribution in [0.15, 0.2) is 61.1 Å². The monoisotopic (exact) mass is 354 g/mol. The van der Waals surface area contributed by atoms with Crippen LogP contribution in [0.3, 0.4) is 0 Å². The Balaban J connectivity index is 1.77. The summed E-state index contributed by atoms with van der Waals surface area (Å²) in [5, 5.41) is 4.87. The average molecular weight is 355 g/mol. The number of carbonyl (C=O) groups excluding carboxylic acids is 1. The number of hydrogen-bond acceptors (Lipinski definition) is 3. The van der Waals surface area contributed by atoms with Crippen LogP contribution in [0.4, 0.5) is 5.69 Å². The Morgan fingerprint density at radius 1 is 1.20 bits per heavy atom. The summed E-state index contributed by atoms with van der Waals surface area (Å²) in [5.41, 5.74) is 2.72. The maximum atomic E-state index is 12.8. The molecule has 5 nitrogen and oxygen atoms in total. The van der Waals surface area contributed by atoms with Crippen molar-refractivity contribution in [3.63, 3.8) is 0 Å². The second kappa shape index (κ2) is 7.94. The van der Waals surface area contributed by atoms with Gasteiger partial charge in [-0.25, -0.2) is 0 Å². The lowest BCUT2D eigenvalue weighted by Gasteiger charge is -2.23. The zero-order valence-electron chi connectivity index (χ0n) is 14.0. The largest absolute Gasteiger partial charge is 0.306 e. The Kier molecular flexibility index (Phi) is 5.46.